The summed E-state index contributed by atoms with van der Waals surface area (Å²) in [5.74, 6) is 1.60. The van der Waals surface area contributed by atoms with Gasteiger partial charge in [-0.2, -0.15) is 4.98 Å². The molecule has 0 radical (unpaired) electrons. The van der Waals surface area contributed by atoms with Crippen LogP contribution in [0.15, 0.2) is 36.4 Å². The predicted octanol–water partition coefficient (Wildman–Crippen LogP) is 3.78. The van der Waals surface area contributed by atoms with E-state index < -0.39 is 0 Å². The minimum absolute atomic E-state index is 0.233. The Labute approximate surface area is 172 Å². The Kier molecular flexibility index (Phi) is 6.12. The zero-order valence-corrected chi connectivity index (χ0v) is 17.0. The van der Waals surface area contributed by atoms with E-state index in [1.807, 2.05) is 25.1 Å². The molecule has 0 bridgehead atoms. The molecule has 1 aliphatic heterocycles. The van der Waals surface area contributed by atoms with Crippen LogP contribution in [0.4, 0.5) is 16.6 Å². The number of carbonyl (C=O) groups excluding carboxylic acids is 1. The monoisotopic (exact) mass is 395 g/mol. The number of amides is 1. The van der Waals surface area contributed by atoms with Crippen LogP contribution >= 0.6 is 0 Å². The molecule has 0 spiro atoms. The summed E-state index contributed by atoms with van der Waals surface area (Å²) in [7, 11) is 0. The molecule has 29 heavy (non-hydrogen) atoms. The van der Waals surface area contributed by atoms with Gasteiger partial charge in [-0.25, -0.2) is 9.78 Å². The molecule has 2 fully saturated rings. The van der Waals surface area contributed by atoms with Crippen molar-refractivity contribution in [1.82, 2.24) is 14.9 Å². The quantitative estimate of drug-likeness (QED) is 0.831. The van der Waals surface area contributed by atoms with Crippen molar-refractivity contribution in [2.45, 2.75) is 38.6 Å². The summed E-state index contributed by atoms with van der Waals surface area (Å²) in [5, 5.41) is 3.54. The van der Waals surface area contributed by atoms with Gasteiger partial charge >= 0.3 is 6.09 Å². The maximum atomic E-state index is 12.0. The Morgan fingerprint density at radius 3 is 2.52 bits per heavy atom. The molecule has 1 saturated carbocycles. The number of rotatable bonds is 5. The molecule has 0 unspecified atom stereocenters. The van der Waals surface area contributed by atoms with E-state index >= 15 is 0 Å². The first-order valence-corrected chi connectivity index (χ1v) is 10.6. The van der Waals surface area contributed by atoms with Crippen molar-refractivity contribution in [1.29, 1.82) is 0 Å². The summed E-state index contributed by atoms with van der Waals surface area (Å²) in [4.78, 5) is 25.6. The second-order valence-electron chi connectivity index (χ2n) is 7.60. The third-order valence-corrected chi connectivity index (χ3v) is 5.60. The highest BCUT2D eigenvalue weighted by molar-refractivity contribution is 5.68. The Bertz CT molecular complexity index is 815. The van der Waals surface area contributed by atoms with Gasteiger partial charge in [0.1, 0.15) is 5.82 Å². The van der Waals surface area contributed by atoms with Crippen LogP contribution in [0.25, 0.3) is 11.3 Å². The number of nitrogens with zero attached hydrogens (tertiary/aromatic N) is 4. The minimum atomic E-state index is -0.233. The summed E-state index contributed by atoms with van der Waals surface area (Å²) in [6.45, 7) is 4.96. The van der Waals surface area contributed by atoms with Crippen molar-refractivity contribution in [2.24, 2.45) is 0 Å². The number of hydrogen-bond donors (Lipinski definition) is 1. The van der Waals surface area contributed by atoms with Crippen molar-refractivity contribution >= 4 is 17.9 Å². The Morgan fingerprint density at radius 1 is 1.10 bits per heavy atom. The summed E-state index contributed by atoms with van der Waals surface area (Å²) >= 11 is 0. The highest BCUT2D eigenvalue weighted by atomic mass is 16.6. The molecule has 2 aliphatic rings. The van der Waals surface area contributed by atoms with E-state index in [9.17, 15) is 4.79 Å². The molecule has 1 aliphatic carbocycles. The average molecular weight is 396 g/mol. The second kappa shape index (κ2) is 9.11. The number of carbonyl (C=O) groups is 1. The summed E-state index contributed by atoms with van der Waals surface area (Å²) in [6, 6.07) is 12.7. The van der Waals surface area contributed by atoms with Gasteiger partial charge in [0, 0.05) is 43.9 Å². The molecule has 4 rings (SSSR count). The number of hydrogen-bond acceptors (Lipinski definition) is 6. The van der Waals surface area contributed by atoms with Gasteiger partial charge in [0.05, 0.1) is 12.3 Å². The van der Waals surface area contributed by atoms with Gasteiger partial charge in [-0.3, -0.25) is 0 Å². The van der Waals surface area contributed by atoms with Gasteiger partial charge in [0.15, 0.2) is 0 Å². The lowest BCUT2D eigenvalue weighted by molar-refractivity contribution is 0.105. The van der Waals surface area contributed by atoms with Gasteiger partial charge in [-0.1, -0.05) is 43.2 Å². The van der Waals surface area contributed by atoms with E-state index in [0.717, 1.165) is 30.2 Å². The van der Waals surface area contributed by atoms with Crippen LogP contribution in [0.1, 0.15) is 32.6 Å². The molecule has 2 aromatic rings. The fourth-order valence-electron chi connectivity index (χ4n) is 4.00. The fraction of sp³-hybridized carbons (Fsp3) is 0.500. The van der Waals surface area contributed by atoms with Crippen LogP contribution in [-0.4, -0.2) is 59.8 Å². The zero-order chi connectivity index (χ0) is 20.1. The van der Waals surface area contributed by atoms with Crippen LogP contribution in [0.3, 0.4) is 0 Å². The molecule has 1 aromatic heterocycles. The first-order valence-electron chi connectivity index (χ1n) is 10.6. The molecule has 7 heteroatoms. The van der Waals surface area contributed by atoms with Crippen molar-refractivity contribution < 1.29 is 9.53 Å². The lowest BCUT2D eigenvalue weighted by atomic mass is 10.1. The molecular weight excluding hydrogens is 366 g/mol. The SMILES string of the molecule is CCOC(=O)N1CCN(c2cc(-c3ccccc3)nc(NC3CCCC3)n2)CC1. The average Bonchev–Trinajstić information content (AvgIpc) is 3.27. The third kappa shape index (κ3) is 4.78. The Hall–Kier alpha value is -2.83. The maximum absolute atomic E-state index is 12.0. The summed E-state index contributed by atoms with van der Waals surface area (Å²) < 4.78 is 5.13. The van der Waals surface area contributed by atoms with E-state index in [-0.39, 0.29) is 6.09 Å². The van der Waals surface area contributed by atoms with Gasteiger partial charge in [-0.15, -0.1) is 0 Å². The maximum Gasteiger partial charge on any atom is 0.409 e. The number of anilines is 2. The van der Waals surface area contributed by atoms with E-state index in [4.69, 9.17) is 14.7 Å². The molecule has 0 atom stereocenters. The van der Waals surface area contributed by atoms with Crippen LogP contribution in [0.5, 0.6) is 0 Å². The van der Waals surface area contributed by atoms with Crippen molar-refractivity contribution in [2.75, 3.05) is 43.0 Å². The number of benzene rings is 1. The molecule has 1 amide bonds. The predicted molar refractivity (Wildman–Crippen MR) is 114 cm³/mol. The van der Waals surface area contributed by atoms with Gasteiger partial charge < -0.3 is 19.9 Å². The molecule has 1 aromatic carbocycles. The number of nitrogens with one attached hydrogen (secondary N) is 1. The number of aromatic nitrogens is 2. The van der Waals surface area contributed by atoms with Crippen molar-refractivity contribution in [3.63, 3.8) is 0 Å². The molecule has 154 valence electrons. The Morgan fingerprint density at radius 2 is 1.83 bits per heavy atom. The first kappa shape index (κ1) is 19.5. The fourth-order valence-corrected chi connectivity index (χ4v) is 4.00. The van der Waals surface area contributed by atoms with E-state index in [0.29, 0.717) is 31.7 Å². The van der Waals surface area contributed by atoms with Crippen LogP contribution in [0, 0.1) is 0 Å². The van der Waals surface area contributed by atoms with Gasteiger partial charge in [0.25, 0.3) is 0 Å². The lowest BCUT2D eigenvalue weighted by Gasteiger charge is -2.35. The van der Waals surface area contributed by atoms with Crippen LogP contribution in [0.2, 0.25) is 0 Å². The normalized spacial score (nSPS) is 17.4. The zero-order valence-electron chi connectivity index (χ0n) is 17.0. The highest BCUT2D eigenvalue weighted by Gasteiger charge is 2.24. The Balaban J connectivity index is 1.54. The third-order valence-electron chi connectivity index (χ3n) is 5.60. The summed E-state index contributed by atoms with van der Waals surface area (Å²) in [6.07, 6.45) is 4.64. The smallest absolute Gasteiger partial charge is 0.409 e. The minimum Gasteiger partial charge on any atom is -0.450 e. The largest absolute Gasteiger partial charge is 0.450 e. The number of ether oxygens (including phenoxy) is 1. The summed E-state index contributed by atoms with van der Waals surface area (Å²) in [5.41, 5.74) is 2.00. The molecular formula is C22H29N5O2. The van der Waals surface area contributed by atoms with Gasteiger partial charge in [0.2, 0.25) is 5.95 Å². The van der Waals surface area contributed by atoms with E-state index in [1.165, 1.54) is 25.7 Å². The lowest BCUT2D eigenvalue weighted by Crippen LogP contribution is -2.49. The number of piperazine rings is 1. The van der Waals surface area contributed by atoms with Crippen molar-refractivity contribution in [3.8, 4) is 11.3 Å². The topological polar surface area (TPSA) is 70.6 Å². The molecule has 1 saturated heterocycles. The molecule has 2 heterocycles. The van der Waals surface area contributed by atoms with Crippen molar-refractivity contribution in [3.05, 3.63) is 36.4 Å². The first-order chi connectivity index (χ1) is 14.2. The second-order valence-corrected chi connectivity index (χ2v) is 7.60. The van der Waals surface area contributed by atoms with Crippen LogP contribution < -0.4 is 10.2 Å². The standard InChI is InChI=1S/C22H29N5O2/c1-2-29-22(28)27-14-12-26(13-15-27)20-16-19(17-8-4-3-5-9-17)24-21(25-20)23-18-10-6-7-11-18/h3-5,8-9,16,18H,2,6-7,10-15H2,1H3,(H,23,24,25). The highest BCUT2D eigenvalue weighted by Crippen LogP contribution is 2.26. The van der Waals surface area contributed by atoms with E-state index in [1.54, 1.807) is 4.90 Å². The van der Waals surface area contributed by atoms with Gasteiger partial charge in [-0.05, 0) is 19.8 Å². The molecule has 1 N–H and O–H groups in total. The van der Waals surface area contributed by atoms with E-state index in [2.05, 4.69) is 28.4 Å². The molecule has 7 nitrogen and oxygen atoms in total. The van der Waals surface area contributed by atoms with Crippen LogP contribution in [-0.2, 0) is 4.74 Å².